The summed E-state index contributed by atoms with van der Waals surface area (Å²) in [5.41, 5.74) is 1.64. The normalized spacial score (nSPS) is 13.0. The van der Waals surface area contributed by atoms with E-state index in [1.54, 1.807) is 26.8 Å². The lowest BCUT2D eigenvalue weighted by atomic mass is 10.1. The Labute approximate surface area is 168 Å². The van der Waals surface area contributed by atoms with Crippen LogP contribution in [0.5, 0.6) is 5.75 Å². The fourth-order valence-corrected chi connectivity index (χ4v) is 2.80. The summed E-state index contributed by atoms with van der Waals surface area (Å²) in [5.74, 6) is -0.138. The van der Waals surface area contributed by atoms with Crippen LogP contribution in [0.25, 0.3) is 6.08 Å². The van der Waals surface area contributed by atoms with Crippen LogP contribution in [0, 0.1) is 5.82 Å². The van der Waals surface area contributed by atoms with Gasteiger partial charge in [-0.3, -0.25) is 10.1 Å². The van der Waals surface area contributed by atoms with Gasteiger partial charge in [0.25, 0.3) is 0 Å². The first-order chi connectivity index (χ1) is 13.7. The van der Waals surface area contributed by atoms with Crippen molar-refractivity contribution in [3.05, 3.63) is 59.4 Å². The van der Waals surface area contributed by atoms with Crippen molar-refractivity contribution in [3.8, 4) is 5.75 Å². The molecule has 3 rings (SSSR count). The minimum Gasteiger partial charge on any atom is -0.493 e. The molecule has 0 bridgehead atoms. The Morgan fingerprint density at radius 2 is 1.90 bits per heavy atom. The maximum atomic E-state index is 13.7. The van der Waals surface area contributed by atoms with Gasteiger partial charge in [0.05, 0.1) is 18.0 Å². The zero-order chi connectivity index (χ0) is 21.0. The van der Waals surface area contributed by atoms with Crippen molar-refractivity contribution in [3.63, 3.8) is 0 Å². The lowest BCUT2D eigenvalue weighted by molar-refractivity contribution is -0.111. The van der Waals surface area contributed by atoms with Crippen molar-refractivity contribution < 1.29 is 23.5 Å². The average Bonchev–Trinajstić information content (AvgIpc) is 3.08. The second-order valence-electron chi connectivity index (χ2n) is 7.61. The predicted molar refractivity (Wildman–Crippen MR) is 110 cm³/mol. The molecule has 0 fully saturated rings. The number of hydrogen-bond donors (Lipinski definition) is 2. The minimum atomic E-state index is -0.699. The highest BCUT2D eigenvalue weighted by Crippen LogP contribution is 2.27. The highest BCUT2D eigenvalue weighted by Gasteiger charge is 2.18. The summed E-state index contributed by atoms with van der Waals surface area (Å²) in [6.45, 7) is 5.86. The van der Waals surface area contributed by atoms with Gasteiger partial charge in [0, 0.05) is 12.5 Å². The van der Waals surface area contributed by atoms with Crippen molar-refractivity contribution >= 4 is 29.5 Å². The second-order valence-corrected chi connectivity index (χ2v) is 7.61. The smallest absolute Gasteiger partial charge is 0.412 e. The highest BCUT2D eigenvalue weighted by molar-refractivity contribution is 6.05. The number of nitrogens with one attached hydrogen (secondary N) is 2. The number of hydrogen-bond acceptors (Lipinski definition) is 4. The first-order valence-electron chi connectivity index (χ1n) is 9.24. The molecule has 0 saturated heterocycles. The number of carbonyl (C=O) groups is 2. The lowest BCUT2D eigenvalue weighted by Crippen LogP contribution is -2.27. The molecule has 2 N–H and O–H groups in total. The van der Waals surface area contributed by atoms with E-state index in [0.717, 1.165) is 29.4 Å². The Balaban J connectivity index is 1.69. The SMILES string of the molecule is CC(C)(C)OC(=O)Nc1ccc(F)cc1NC(=O)/C=C/c1ccc2c(c1)CCO2. The molecule has 1 aliphatic heterocycles. The summed E-state index contributed by atoms with van der Waals surface area (Å²) >= 11 is 0. The van der Waals surface area contributed by atoms with E-state index < -0.39 is 23.4 Å². The van der Waals surface area contributed by atoms with Gasteiger partial charge in [0.1, 0.15) is 17.2 Å². The number of rotatable bonds is 4. The number of ether oxygens (including phenoxy) is 2. The molecule has 152 valence electrons. The van der Waals surface area contributed by atoms with Crippen LogP contribution < -0.4 is 15.4 Å². The molecule has 2 aromatic carbocycles. The van der Waals surface area contributed by atoms with Gasteiger partial charge in [0.15, 0.2) is 0 Å². The Morgan fingerprint density at radius 1 is 1.10 bits per heavy atom. The molecule has 0 unspecified atom stereocenters. The monoisotopic (exact) mass is 398 g/mol. The van der Waals surface area contributed by atoms with Gasteiger partial charge < -0.3 is 14.8 Å². The summed E-state index contributed by atoms with van der Waals surface area (Å²) in [5, 5.41) is 5.10. The van der Waals surface area contributed by atoms with E-state index in [-0.39, 0.29) is 11.4 Å². The van der Waals surface area contributed by atoms with Crippen LogP contribution in [0.2, 0.25) is 0 Å². The standard InChI is InChI=1S/C22H23FN2O4/c1-22(2,3)29-21(27)25-17-7-6-16(23)13-18(17)24-20(26)9-5-14-4-8-19-15(12-14)10-11-28-19/h4-9,12-13H,10-11H2,1-3H3,(H,24,26)(H,25,27)/b9-5+. The van der Waals surface area contributed by atoms with Gasteiger partial charge in [-0.2, -0.15) is 0 Å². The molecule has 6 nitrogen and oxygen atoms in total. The fourth-order valence-electron chi connectivity index (χ4n) is 2.80. The maximum absolute atomic E-state index is 13.7. The number of amides is 2. The van der Waals surface area contributed by atoms with Crippen LogP contribution in [0.1, 0.15) is 31.9 Å². The predicted octanol–water partition coefficient (Wildman–Crippen LogP) is 4.76. The molecule has 29 heavy (non-hydrogen) atoms. The number of benzene rings is 2. The van der Waals surface area contributed by atoms with Crippen LogP contribution in [0.15, 0.2) is 42.5 Å². The zero-order valence-corrected chi connectivity index (χ0v) is 16.5. The van der Waals surface area contributed by atoms with Crippen LogP contribution in [0.3, 0.4) is 0 Å². The highest BCUT2D eigenvalue weighted by atomic mass is 19.1. The molecule has 0 aromatic heterocycles. The van der Waals surface area contributed by atoms with Crippen molar-refractivity contribution in [2.24, 2.45) is 0 Å². The summed E-state index contributed by atoms with van der Waals surface area (Å²) in [6.07, 6.45) is 3.15. The third kappa shape index (κ3) is 5.81. The van der Waals surface area contributed by atoms with Crippen LogP contribution in [0.4, 0.5) is 20.6 Å². The molecule has 1 aliphatic rings. The molecular formula is C22H23FN2O4. The summed E-state index contributed by atoms with van der Waals surface area (Å²) in [7, 11) is 0. The van der Waals surface area contributed by atoms with E-state index in [2.05, 4.69) is 10.6 Å². The van der Waals surface area contributed by atoms with Crippen molar-refractivity contribution in [2.45, 2.75) is 32.8 Å². The summed E-state index contributed by atoms with van der Waals surface area (Å²) in [6, 6.07) is 9.36. The Hall–Kier alpha value is -3.35. The molecule has 2 amide bonds. The van der Waals surface area contributed by atoms with Gasteiger partial charge in [-0.05, 0) is 68.3 Å². The van der Waals surface area contributed by atoms with E-state index in [1.807, 2.05) is 18.2 Å². The first kappa shape index (κ1) is 20.4. The molecule has 2 aromatic rings. The number of anilines is 2. The average molecular weight is 398 g/mol. The molecular weight excluding hydrogens is 375 g/mol. The lowest BCUT2D eigenvalue weighted by Gasteiger charge is -2.20. The van der Waals surface area contributed by atoms with E-state index >= 15 is 0 Å². The van der Waals surface area contributed by atoms with E-state index in [0.29, 0.717) is 6.61 Å². The summed E-state index contributed by atoms with van der Waals surface area (Å²) in [4.78, 5) is 24.3. The van der Waals surface area contributed by atoms with Crippen molar-refractivity contribution in [2.75, 3.05) is 17.2 Å². The van der Waals surface area contributed by atoms with Gasteiger partial charge in [-0.25, -0.2) is 9.18 Å². The molecule has 0 radical (unpaired) electrons. The van der Waals surface area contributed by atoms with Crippen LogP contribution in [-0.4, -0.2) is 24.2 Å². The van der Waals surface area contributed by atoms with Gasteiger partial charge >= 0.3 is 6.09 Å². The largest absolute Gasteiger partial charge is 0.493 e. The molecule has 7 heteroatoms. The number of carbonyl (C=O) groups excluding carboxylic acids is 2. The zero-order valence-electron chi connectivity index (χ0n) is 16.5. The van der Waals surface area contributed by atoms with Crippen LogP contribution >= 0.6 is 0 Å². The topological polar surface area (TPSA) is 76.7 Å². The molecule has 0 spiro atoms. The second kappa shape index (κ2) is 8.34. The number of halogens is 1. The molecule has 0 atom stereocenters. The Kier molecular flexibility index (Phi) is 5.87. The van der Waals surface area contributed by atoms with E-state index in [1.165, 1.54) is 18.2 Å². The van der Waals surface area contributed by atoms with Gasteiger partial charge in [-0.1, -0.05) is 6.07 Å². The maximum Gasteiger partial charge on any atom is 0.412 e. The van der Waals surface area contributed by atoms with Crippen LogP contribution in [-0.2, 0) is 16.0 Å². The van der Waals surface area contributed by atoms with Crippen molar-refractivity contribution in [1.82, 2.24) is 0 Å². The minimum absolute atomic E-state index is 0.132. The first-order valence-corrected chi connectivity index (χ1v) is 9.24. The fraction of sp³-hybridized carbons (Fsp3) is 0.273. The molecule has 0 saturated carbocycles. The molecule has 0 aliphatic carbocycles. The third-order valence-corrected chi connectivity index (χ3v) is 4.02. The Bertz CT molecular complexity index is 964. The summed E-state index contributed by atoms with van der Waals surface area (Å²) < 4.78 is 24.3. The van der Waals surface area contributed by atoms with Gasteiger partial charge in [-0.15, -0.1) is 0 Å². The third-order valence-electron chi connectivity index (χ3n) is 4.02. The van der Waals surface area contributed by atoms with Crippen molar-refractivity contribution in [1.29, 1.82) is 0 Å². The van der Waals surface area contributed by atoms with Gasteiger partial charge in [0.2, 0.25) is 5.91 Å². The Morgan fingerprint density at radius 3 is 2.66 bits per heavy atom. The number of fused-ring (bicyclic) bond motifs is 1. The quantitative estimate of drug-likeness (QED) is 0.728. The molecule has 1 heterocycles. The van der Waals surface area contributed by atoms with E-state index in [4.69, 9.17) is 9.47 Å². The van der Waals surface area contributed by atoms with E-state index in [9.17, 15) is 14.0 Å².